The van der Waals surface area contributed by atoms with Gasteiger partial charge in [0.25, 0.3) is 5.56 Å². The number of nitrogens with one attached hydrogen (secondary N) is 2. The Hall–Kier alpha value is -3.82. The molecule has 4 heterocycles. The number of fused-ring (bicyclic) bond motifs is 4. The Morgan fingerprint density at radius 2 is 2.06 bits per heavy atom. The zero-order chi connectivity index (χ0) is 22.4. The summed E-state index contributed by atoms with van der Waals surface area (Å²) >= 11 is 0. The lowest BCUT2D eigenvalue weighted by Crippen LogP contribution is -2.45. The van der Waals surface area contributed by atoms with Crippen LogP contribution in [0, 0.1) is 11.6 Å². The van der Waals surface area contributed by atoms with Gasteiger partial charge in [-0.2, -0.15) is 5.10 Å². The second-order valence-corrected chi connectivity index (χ2v) is 7.83. The molecule has 0 aliphatic carbocycles. The van der Waals surface area contributed by atoms with Crippen LogP contribution >= 0.6 is 0 Å². The van der Waals surface area contributed by atoms with Gasteiger partial charge in [0, 0.05) is 41.6 Å². The molecular formula is C22H19F2N5O3. The minimum absolute atomic E-state index is 0.0239. The number of carbonyl (C=O) groups is 1. The number of urea groups is 1. The fourth-order valence-electron chi connectivity index (χ4n) is 4.52. The Morgan fingerprint density at radius 1 is 1.22 bits per heavy atom. The van der Waals surface area contributed by atoms with Crippen LogP contribution in [0.1, 0.15) is 30.1 Å². The van der Waals surface area contributed by atoms with E-state index in [0.717, 1.165) is 24.1 Å². The Bertz CT molecular complexity index is 1260. The van der Waals surface area contributed by atoms with Gasteiger partial charge in [0.1, 0.15) is 11.6 Å². The summed E-state index contributed by atoms with van der Waals surface area (Å²) < 4.78 is 34.5. The molecule has 164 valence electrons. The van der Waals surface area contributed by atoms with Crippen LogP contribution in [0.3, 0.4) is 0 Å². The van der Waals surface area contributed by atoms with Crippen molar-refractivity contribution < 1.29 is 18.3 Å². The molecule has 1 fully saturated rings. The molecule has 2 aliphatic rings. The van der Waals surface area contributed by atoms with Crippen molar-refractivity contribution in [3.8, 4) is 17.0 Å². The number of methoxy groups -OCH3 is 1. The molecule has 2 aromatic heterocycles. The van der Waals surface area contributed by atoms with Gasteiger partial charge < -0.3 is 15.0 Å². The number of aromatic amines is 1. The molecule has 32 heavy (non-hydrogen) atoms. The summed E-state index contributed by atoms with van der Waals surface area (Å²) in [6.45, 7) is 0. The molecule has 2 bridgehead atoms. The highest BCUT2D eigenvalue weighted by Gasteiger charge is 2.44. The number of carbonyl (C=O) groups excluding carboxylic acids is 1. The van der Waals surface area contributed by atoms with Crippen molar-refractivity contribution in [1.29, 1.82) is 0 Å². The third kappa shape index (κ3) is 3.37. The molecule has 0 saturated carbocycles. The number of pyridine rings is 1. The highest BCUT2D eigenvalue weighted by atomic mass is 19.1. The number of amides is 2. The number of hydrogen-bond donors (Lipinski definition) is 2. The fraction of sp³-hybridized carbons (Fsp3) is 0.273. The topological polar surface area (TPSA) is 100 Å². The first kappa shape index (κ1) is 20.1. The standard InChI is InChI=1S/C22H19F2N5O3/c1-32-20-5-2-11(10-25-20)14-8-16(24)17(9-15(14)23)26-22(31)29-13-3-4-18(29)21-12(6-13)7-19(30)27-28-21/h2,5,7-10,13,18H,3-4,6H2,1H3,(H,26,31)(H,27,30)/t13-,18+/m0/s1. The quantitative estimate of drug-likeness (QED) is 0.652. The van der Waals surface area contributed by atoms with E-state index in [4.69, 9.17) is 4.74 Å². The summed E-state index contributed by atoms with van der Waals surface area (Å²) in [5.41, 5.74) is 1.33. The molecule has 2 atom stereocenters. The summed E-state index contributed by atoms with van der Waals surface area (Å²) in [5.74, 6) is -1.10. The Kier molecular flexibility index (Phi) is 4.84. The second kappa shape index (κ2) is 7.70. The van der Waals surface area contributed by atoms with E-state index >= 15 is 0 Å². The predicted molar refractivity (Wildman–Crippen MR) is 111 cm³/mol. The Balaban J connectivity index is 1.39. The summed E-state index contributed by atoms with van der Waals surface area (Å²) in [5, 5.41) is 9.03. The lowest BCUT2D eigenvalue weighted by Gasteiger charge is -2.35. The highest BCUT2D eigenvalue weighted by molar-refractivity contribution is 5.91. The van der Waals surface area contributed by atoms with Crippen LogP contribution in [-0.2, 0) is 6.42 Å². The molecule has 1 saturated heterocycles. The lowest BCUT2D eigenvalue weighted by atomic mass is 9.99. The average molecular weight is 439 g/mol. The number of ether oxygens (including phenoxy) is 1. The molecule has 2 N–H and O–H groups in total. The molecule has 3 aromatic rings. The smallest absolute Gasteiger partial charge is 0.322 e. The molecule has 5 rings (SSSR count). The van der Waals surface area contributed by atoms with E-state index in [2.05, 4.69) is 20.5 Å². The van der Waals surface area contributed by atoms with E-state index in [1.54, 1.807) is 17.0 Å². The molecule has 0 spiro atoms. The summed E-state index contributed by atoms with van der Waals surface area (Å²) in [6, 6.07) is 5.63. The maximum atomic E-state index is 14.8. The van der Waals surface area contributed by atoms with Gasteiger partial charge in [-0.05, 0) is 37.0 Å². The largest absolute Gasteiger partial charge is 0.481 e. The molecule has 2 aliphatic heterocycles. The van der Waals surface area contributed by atoms with Crippen molar-refractivity contribution in [1.82, 2.24) is 20.1 Å². The summed E-state index contributed by atoms with van der Waals surface area (Å²) in [6.07, 6.45) is 3.30. The number of H-pyrrole nitrogens is 1. The number of anilines is 1. The molecule has 0 unspecified atom stereocenters. The minimum Gasteiger partial charge on any atom is -0.481 e. The minimum atomic E-state index is -0.766. The Labute approximate surface area is 181 Å². The number of rotatable bonds is 3. The predicted octanol–water partition coefficient (Wildman–Crippen LogP) is 3.41. The zero-order valence-corrected chi connectivity index (χ0v) is 17.1. The van der Waals surface area contributed by atoms with Crippen molar-refractivity contribution in [2.75, 3.05) is 12.4 Å². The van der Waals surface area contributed by atoms with Crippen molar-refractivity contribution >= 4 is 11.7 Å². The number of halogens is 2. The number of benzene rings is 1. The van der Waals surface area contributed by atoms with Gasteiger partial charge in [-0.3, -0.25) is 4.79 Å². The number of nitrogens with zero attached hydrogens (tertiary/aromatic N) is 3. The van der Waals surface area contributed by atoms with Crippen molar-refractivity contribution in [3.63, 3.8) is 0 Å². The second-order valence-electron chi connectivity index (χ2n) is 7.83. The van der Waals surface area contributed by atoms with Gasteiger partial charge in [0.15, 0.2) is 0 Å². The Morgan fingerprint density at radius 3 is 2.81 bits per heavy atom. The van der Waals surface area contributed by atoms with Gasteiger partial charge in [-0.25, -0.2) is 23.7 Å². The van der Waals surface area contributed by atoms with Crippen LogP contribution in [0.5, 0.6) is 5.88 Å². The van der Waals surface area contributed by atoms with E-state index in [-0.39, 0.29) is 28.9 Å². The average Bonchev–Trinajstić information content (AvgIpc) is 3.11. The van der Waals surface area contributed by atoms with E-state index < -0.39 is 17.7 Å². The van der Waals surface area contributed by atoms with Crippen LogP contribution in [0.4, 0.5) is 19.3 Å². The van der Waals surface area contributed by atoms with Crippen molar-refractivity contribution in [2.24, 2.45) is 0 Å². The van der Waals surface area contributed by atoms with Crippen LogP contribution in [0.2, 0.25) is 0 Å². The summed E-state index contributed by atoms with van der Waals surface area (Å²) in [7, 11) is 1.46. The maximum Gasteiger partial charge on any atom is 0.322 e. The van der Waals surface area contributed by atoms with Gasteiger partial charge in [0.2, 0.25) is 5.88 Å². The first-order chi connectivity index (χ1) is 15.4. The SMILES string of the molecule is COc1ccc(-c2cc(F)c(NC(=O)N3[C@H]4CC[C@@H]3c3n[nH]c(=O)cc3C4)cc2F)cn1. The van der Waals surface area contributed by atoms with Gasteiger partial charge >= 0.3 is 6.03 Å². The van der Waals surface area contributed by atoms with E-state index in [9.17, 15) is 18.4 Å². The highest BCUT2D eigenvalue weighted by Crippen LogP contribution is 2.42. The molecule has 1 aromatic carbocycles. The zero-order valence-electron chi connectivity index (χ0n) is 17.1. The third-order valence-electron chi connectivity index (χ3n) is 5.98. The molecule has 2 amide bonds. The van der Waals surface area contributed by atoms with E-state index in [0.29, 0.717) is 30.0 Å². The van der Waals surface area contributed by atoms with Crippen LogP contribution in [0.15, 0.2) is 41.3 Å². The van der Waals surface area contributed by atoms with Gasteiger partial charge in [0.05, 0.1) is 24.5 Å². The first-order valence-electron chi connectivity index (χ1n) is 10.1. The number of aromatic nitrogens is 3. The van der Waals surface area contributed by atoms with Gasteiger partial charge in [-0.1, -0.05) is 0 Å². The maximum absolute atomic E-state index is 14.8. The van der Waals surface area contributed by atoms with Crippen LogP contribution < -0.4 is 15.6 Å². The molecule has 8 nitrogen and oxygen atoms in total. The van der Waals surface area contributed by atoms with E-state index in [1.807, 2.05) is 0 Å². The molecule has 10 heteroatoms. The molecule has 0 radical (unpaired) electrons. The lowest BCUT2D eigenvalue weighted by molar-refractivity contribution is 0.177. The van der Waals surface area contributed by atoms with E-state index in [1.165, 1.54) is 19.4 Å². The van der Waals surface area contributed by atoms with Crippen LogP contribution in [-0.4, -0.2) is 39.3 Å². The van der Waals surface area contributed by atoms with Gasteiger partial charge in [-0.15, -0.1) is 0 Å². The molecular weight excluding hydrogens is 420 g/mol. The van der Waals surface area contributed by atoms with Crippen LogP contribution in [0.25, 0.3) is 11.1 Å². The monoisotopic (exact) mass is 439 g/mol. The van der Waals surface area contributed by atoms with Crippen molar-refractivity contribution in [3.05, 3.63) is 69.8 Å². The number of hydrogen-bond acceptors (Lipinski definition) is 5. The van der Waals surface area contributed by atoms with Crippen molar-refractivity contribution in [2.45, 2.75) is 31.3 Å². The normalized spacial score (nSPS) is 18.9. The fourth-order valence-corrected chi connectivity index (χ4v) is 4.52. The first-order valence-corrected chi connectivity index (χ1v) is 10.1. The summed E-state index contributed by atoms with van der Waals surface area (Å²) in [4.78, 5) is 30.2. The third-order valence-corrected chi connectivity index (χ3v) is 5.98.